The Kier molecular flexibility index (Phi) is 1.24. The summed E-state index contributed by atoms with van der Waals surface area (Å²) in [7, 11) is 0. The molecule has 3 aliphatic heterocycles. The third-order valence-corrected chi connectivity index (χ3v) is 5.71. The van der Waals surface area contributed by atoms with Gasteiger partial charge in [-0.25, -0.2) is 0 Å². The minimum absolute atomic E-state index is 0.0228. The number of carbonyl (C=O) groups is 1. The van der Waals surface area contributed by atoms with Crippen LogP contribution in [0, 0.1) is 17.3 Å². The molecule has 1 aromatic rings. The number of hydrogen-bond acceptors (Lipinski definition) is 4. The fourth-order valence-corrected chi connectivity index (χ4v) is 4.73. The number of nitrogens with zero attached hydrogens (tertiary/aromatic N) is 2. The van der Waals surface area contributed by atoms with Crippen LogP contribution in [0.15, 0.2) is 11.0 Å². The fourth-order valence-electron chi connectivity index (χ4n) is 4.73. The first-order chi connectivity index (χ1) is 8.98. The summed E-state index contributed by atoms with van der Waals surface area (Å²) in [6.07, 6.45) is 1.26. The first-order valence-corrected chi connectivity index (χ1v) is 6.46. The van der Waals surface area contributed by atoms with E-state index in [1.807, 2.05) is 4.90 Å². The zero-order chi connectivity index (χ0) is 13.3. The third-order valence-electron chi connectivity index (χ3n) is 5.71. The smallest absolute Gasteiger partial charge is 0.275 e. The Morgan fingerprint density at radius 1 is 1.32 bits per heavy atom. The second-order valence-electron chi connectivity index (χ2n) is 6.34. The molecule has 5 atom stereocenters. The van der Waals surface area contributed by atoms with Crippen molar-refractivity contribution in [3.8, 4) is 11.5 Å². The molecule has 19 heavy (non-hydrogen) atoms. The predicted octanol–water partition coefficient (Wildman–Crippen LogP) is -0.268. The standard InChI is InChI=1S/C13H12N2O4/c1-13-6-4-2-14-3-5(16)9(17)10(18)8(14)12(19)15(4)11(13)7(6)13/h3-4,6-7,11,16,18H,2H2,1H3/t4-,6+,7+,11?,13+/m1/s1. The number of rotatable bonds is 0. The lowest BCUT2D eigenvalue weighted by atomic mass is 10.0. The quantitative estimate of drug-likeness (QED) is 0.673. The van der Waals surface area contributed by atoms with E-state index in [2.05, 4.69) is 6.92 Å². The number of amides is 1. The number of aromatic nitrogens is 1. The van der Waals surface area contributed by atoms with E-state index in [1.165, 1.54) is 10.8 Å². The van der Waals surface area contributed by atoms with E-state index in [9.17, 15) is 19.8 Å². The minimum atomic E-state index is -0.872. The summed E-state index contributed by atoms with van der Waals surface area (Å²) in [4.78, 5) is 25.9. The molecule has 5 aliphatic rings. The molecule has 6 rings (SSSR count). The van der Waals surface area contributed by atoms with E-state index in [4.69, 9.17) is 0 Å². The molecule has 2 N–H and O–H groups in total. The van der Waals surface area contributed by atoms with Gasteiger partial charge in [0, 0.05) is 12.6 Å². The molecule has 1 aromatic heterocycles. The van der Waals surface area contributed by atoms with Crippen molar-refractivity contribution in [1.29, 1.82) is 0 Å². The van der Waals surface area contributed by atoms with E-state index in [0.717, 1.165) is 0 Å². The van der Waals surface area contributed by atoms with Gasteiger partial charge in [0.15, 0.2) is 17.2 Å². The van der Waals surface area contributed by atoms with Crippen molar-refractivity contribution in [3.63, 3.8) is 0 Å². The van der Waals surface area contributed by atoms with Gasteiger partial charge in [0.05, 0.1) is 12.2 Å². The van der Waals surface area contributed by atoms with Crippen LogP contribution >= 0.6 is 0 Å². The van der Waals surface area contributed by atoms with Gasteiger partial charge in [0.2, 0.25) is 0 Å². The van der Waals surface area contributed by atoms with Crippen LogP contribution in [0.5, 0.6) is 11.5 Å². The summed E-state index contributed by atoms with van der Waals surface area (Å²) in [5, 5.41) is 19.3. The van der Waals surface area contributed by atoms with E-state index in [-0.39, 0.29) is 23.1 Å². The predicted molar refractivity (Wildman–Crippen MR) is 62.9 cm³/mol. The highest BCUT2D eigenvalue weighted by Gasteiger charge is 2.93. The zero-order valence-corrected chi connectivity index (χ0v) is 10.2. The molecule has 0 aromatic carbocycles. The highest BCUT2D eigenvalue weighted by molar-refractivity contribution is 5.98. The molecule has 6 heteroatoms. The average Bonchev–Trinajstić information content (AvgIpc) is 3.02. The number of pyridine rings is 1. The van der Waals surface area contributed by atoms with Crippen LogP contribution < -0.4 is 5.43 Å². The normalized spacial score (nSPS) is 43.6. The Labute approximate surface area is 107 Å². The largest absolute Gasteiger partial charge is 0.503 e. The number of aromatic hydroxyl groups is 2. The highest BCUT2D eigenvalue weighted by Crippen LogP contribution is 2.87. The van der Waals surface area contributed by atoms with Crippen LogP contribution in [0.25, 0.3) is 0 Å². The first-order valence-electron chi connectivity index (χ1n) is 6.46. The molecule has 0 spiro atoms. The average molecular weight is 260 g/mol. The molecule has 1 unspecified atom stereocenters. The van der Waals surface area contributed by atoms with Gasteiger partial charge in [0.25, 0.3) is 11.3 Å². The van der Waals surface area contributed by atoms with Gasteiger partial charge < -0.3 is 19.7 Å². The maximum atomic E-state index is 12.5. The van der Waals surface area contributed by atoms with Gasteiger partial charge in [-0.15, -0.1) is 0 Å². The van der Waals surface area contributed by atoms with Crippen molar-refractivity contribution in [3.05, 3.63) is 22.1 Å². The number of fused-ring (bicyclic) bond motifs is 1. The van der Waals surface area contributed by atoms with Crippen molar-refractivity contribution in [2.75, 3.05) is 0 Å². The number of carbonyl (C=O) groups excluding carboxylic acids is 1. The summed E-state index contributed by atoms with van der Waals surface area (Å²) in [5.74, 6) is -0.249. The van der Waals surface area contributed by atoms with Crippen molar-refractivity contribution in [1.82, 2.24) is 9.47 Å². The van der Waals surface area contributed by atoms with Gasteiger partial charge >= 0.3 is 0 Å². The second-order valence-corrected chi connectivity index (χ2v) is 6.34. The van der Waals surface area contributed by atoms with Gasteiger partial charge in [0.1, 0.15) is 0 Å². The molecular weight excluding hydrogens is 248 g/mol. The van der Waals surface area contributed by atoms with E-state index >= 15 is 0 Å². The topological polar surface area (TPSA) is 82.8 Å². The molecule has 2 aliphatic carbocycles. The molecule has 2 saturated carbocycles. The monoisotopic (exact) mass is 260 g/mol. The Morgan fingerprint density at radius 2 is 2.00 bits per heavy atom. The minimum Gasteiger partial charge on any atom is -0.503 e. The third kappa shape index (κ3) is 0.768. The Balaban J connectivity index is 1.72. The van der Waals surface area contributed by atoms with Crippen molar-refractivity contribution >= 4 is 5.91 Å². The molecule has 4 fully saturated rings. The van der Waals surface area contributed by atoms with Crippen LogP contribution in [0.4, 0.5) is 0 Å². The Bertz CT molecular complexity index is 739. The Morgan fingerprint density at radius 3 is 2.68 bits per heavy atom. The van der Waals surface area contributed by atoms with Crippen molar-refractivity contribution in [2.45, 2.75) is 25.6 Å². The van der Waals surface area contributed by atoms with Crippen molar-refractivity contribution in [2.24, 2.45) is 17.3 Å². The maximum absolute atomic E-state index is 12.5. The van der Waals surface area contributed by atoms with Crippen LogP contribution in [0.3, 0.4) is 0 Å². The SMILES string of the molecule is C[C@@]12C3[C@@H]1[C@@H]2[C@H]1Cn2cc(O)c(=O)c(O)c2C(=O)N31. The molecule has 4 heterocycles. The summed E-state index contributed by atoms with van der Waals surface area (Å²) >= 11 is 0. The van der Waals surface area contributed by atoms with Crippen molar-refractivity contribution < 1.29 is 15.0 Å². The molecule has 2 saturated heterocycles. The lowest BCUT2D eigenvalue weighted by Crippen LogP contribution is -2.45. The van der Waals surface area contributed by atoms with Gasteiger partial charge in [-0.3, -0.25) is 9.59 Å². The lowest BCUT2D eigenvalue weighted by Gasteiger charge is -2.32. The second kappa shape index (κ2) is 2.37. The molecular formula is C13H12N2O4. The summed E-state index contributed by atoms with van der Waals surface area (Å²) < 4.78 is 1.53. The maximum Gasteiger partial charge on any atom is 0.275 e. The Hall–Kier alpha value is -1.98. The highest BCUT2D eigenvalue weighted by atomic mass is 16.3. The summed E-state index contributed by atoms with van der Waals surface area (Å²) in [6.45, 7) is 2.75. The lowest BCUT2D eigenvalue weighted by molar-refractivity contribution is 0.0648. The van der Waals surface area contributed by atoms with Gasteiger partial charge in [-0.1, -0.05) is 6.92 Å². The van der Waals surface area contributed by atoms with E-state index in [0.29, 0.717) is 24.4 Å². The summed E-state index contributed by atoms with van der Waals surface area (Å²) in [5.41, 5.74) is -0.571. The van der Waals surface area contributed by atoms with Gasteiger partial charge in [-0.05, 0) is 17.3 Å². The first kappa shape index (κ1) is 9.89. The van der Waals surface area contributed by atoms with Crippen LogP contribution in [0.2, 0.25) is 0 Å². The van der Waals surface area contributed by atoms with Crippen LogP contribution in [-0.4, -0.2) is 37.7 Å². The van der Waals surface area contributed by atoms with Crippen LogP contribution in [-0.2, 0) is 6.54 Å². The molecule has 98 valence electrons. The molecule has 0 radical (unpaired) electrons. The number of piperidine rings is 1. The van der Waals surface area contributed by atoms with E-state index < -0.39 is 16.9 Å². The zero-order valence-electron chi connectivity index (χ0n) is 10.2. The fraction of sp³-hybridized carbons (Fsp3) is 0.538. The van der Waals surface area contributed by atoms with E-state index in [1.54, 1.807) is 0 Å². The van der Waals surface area contributed by atoms with Crippen LogP contribution in [0.1, 0.15) is 17.4 Å². The molecule has 2 bridgehead atoms. The van der Waals surface area contributed by atoms with Gasteiger partial charge in [-0.2, -0.15) is 0 Å². The number of hydrogen-bond donors (Lipinski definition) is 2. The molecule has 1 amide bonds. The summed E-state index contributed by atoms with van der Waals surface area (Å²) in [6, 6.07) is 0.452. The molecule has 6 nitrogen and oxygen atoms in total.